The largest absolute Gasteiger partial charge is 0.440 e. The van der Waals surface area contributed by atoms with Crippen LogP contribution >= 0.6 is 0 Å². The van der Waals surface area contributed by atoms with Crippen LogP contribution in [0.15, 0.2) is 52.9 Å². The minimum Gasteiger partial charge on any atom is -0.440 e. The molecular weight excluding hydrogens is 362 g/mol. The molecule has 0 saturated carbocycles. The molecule has 1 aliphatic heterocycles. The monoisotopic (exact) mass is 391 g/mol. The van der Waals surface area contributed by atoms with E-state index in [-0.39, 0.29) is 11.8 Å². The number of unbranched alkanes of at least 4 members (excludes halogenated alkanes) is 1. The molecule has 4 rings (SSSR count). The Morgan fingerprint density at radius 2 is 2.00 bits per heavy atom. The van der Waals surface area contributed by atoms with Crippen molar-refractivity contribution < 1.29 is 9.21 Å². The van der Waals surface area contributed by atoms with Gasteiger partial charge in [0.1, 0.15) is 5.52 Å². The number of rotatable bonds is 6. The first kappa shape index (κ1) is 19.5. The average molecular weight is 392 g/mol. The molecule has 0 N–H and O–H groups in total. The molecular formula is C24H29N3O2. The Morgan fingerprint density at radius 3 is 2.76 bits per heavy atom. The summed E-state index contributed by atoms with van der Waals surface area (Å²) in [6.45, 7) is 4.67. The number of nitrogens with zero attached hydrogens (tertiary/aromatic N) is 3. The number of benzene rings is 2. The summed E-state index contributed by atoms with van der Waals surface area (Å²) >= 11 is 0. The van der Waals surface area contributed by atoms with Gasteiger partial charge in [-0.3, -0.25) is 4.79 Å². The molecule has 1 unspecified atom stereocenters. The fraction of sp³-hybridized carbons (Fsp3) is 0.417. The lowest BCUT2D eigenvalue weighted by molar-refractivity contribution is 0.0699. The molecule has 1 atom stereocenters. The lowest BCUT2D eigenvalue weighted by atomic mass is 9.97. The van der Waals surface area contributed by atoms with Crippen LogP contribution in [0.2, 0.25) is 0 Å². The van der Waals surface area contributed by atoms with E-state index >= 15 is 0 Å². The van der Waals surface area contributed by atoms with Crippen molar-refractivity contribution in [3.63, 3.8) is 0 Å². The van der Waals surface area contributed by atoms with E-state index < -0.39 is 0 Å². The number of carbonyl (C=O) groups excluding carboxylic acids is 1. The van der Waals surface area contributed by atoms with E-state index in [4.69, 9.17) is 4.42 Å². The van der Waals surface area contributed by atoms with E-state index in [1.807, 2.05) is 53.4 Å². The third kappa shape index (κ3) is 4.29. The van der Waals surface area contributed by atoms with Crippen LogP contribution in [0.4, 0.5) is 5.69 Å². The molecule has 1 fully saturated rings. The van der Waals surface area contributed by atoms with E-state index in [2.05, 4.69) is 23.9 Å². The minimum atomic E-state index is 0.0913. The number of anilines is 1. The number of aromatic nitrogens is 1. The number of para-hydroxylation sites is 2. The Bertz CT molecular complexity index is 931. The standard InChI is InChI=1S/C24H29N3O2/c1-3-4-15-26(2)20-13-11-18(12-14-20)24(28)27-16-7-8-19(17-27)23-25-21-9-5-6-10-22(21)29-23/h5-6,9-14,19H,3-4,7-8,15-17H2,1-2H3. The maximum atomic E-state index is 13.1. The van der Waals surface area contributed by atoms with Crippen molar-refractivity contribution in [3.05, 3.63) is 60.0 Å². The zero-order chi connectivity index (χ0) is 20.2. The van der Waals surface area contributed by atoms with Gasteiger partial charge in [-0.1, -0.05) is 25.5 Å². The van der Waals surface area contributed by atoms with E-state index in [0.29, 0.717) is 6.54 Å². The van der Waals surface area contributed by atoms with Crippen LogP contribution in [0.1, 0.15) is 54.8 Å². The first-order valence-electron chi connectivity index (χ1n) is 10.6. The van der Waals surface area contributed by atoms with Crippen molar-refractivity contribution in [1.29, 1.82) is 0 Å². The summed E-state index contributed by atoms with van der Waals surface area (Å²) in [6, 6.07) is 15.8. The van der Waals surface area contributed by atoms with Gasteiger partial charge in [-0.2, -0.15) is 0 Å². The first-order chi connectivity index (χ1) is 14.2. The Morgan fingerprint density at radius 1 is 1.21 bits per heavy atom. The first-order valence-corrected chi connectivity index (χ1v) is 10.6. The highest BCUT2D eigenvalue weighted by molar-refractivity contribution is 5.94. The SMILES string of the molecule is CCCCN(C)c1ccc(C(=O)N2CCCC(c3nc4ccccc4o3)C2)cc1. The Kier molecular flexibility index (Phi) is 5.84. The lowest BCUT2D eigenvalue weighted by Crippen LogP contribution is -2.39. The quantitative estimate of drug-likeness (QED) is 0.588. The van der Waals surface area contributed by atoms with E-state index in [1.165, 1.54) is 12.8 Å². The lowest BCUT2D eigenvalue weighted by Gasteiger charge is -2.31. The number of piperidine rings is 1. The number of hydrogen-bond donors (Lipinski definition) is 0. The van der Waals surface area contributed by atoms with E-state index in [1.54, 1.807) is 0 Å². The van der Waals surface area contributed by atoms with Gasteiger partial charge in [0.05, 0.1) is 5.92 Å². The van der Waals surface area contributed by atoms with Gasteiger partial charge >= 0.3 is 0 Å². The van der Waals surface area contributed by atoms with Gasteiger partial charge in [0.25, 0.3) is 5.91 Å². The third-order valence-corrected chi connectivity index (χ3v) is 5.77. The van der Waals surface area contributed by atoms with Crippen LogP contribution in [0.25, 0.3) is 11.1 Å². The van der Waals surface area contributed by atoms with Crippen LogP contribution < -0.4 is 4.90 Å². The molecule has 3 aromatic rings. The molecule has 1 aromatic heterocycles. The number of hydrogen-bond acceptors (Lipinski definition) is 4. The molecule has 29 heavy (non-hydrogen) atoms. The van der Waals surface area contributed by atoms with Gasteiger partial charge in [0, 0.05) is 37.9 Å². The van der Waals surface area contributed by atoms with Crippen molar-refractivity contribution in [2.75, 3.05) is 31.6 Å². The van der Waals surface area contributed by atoms with Crippen LogP contribution in [-0.4, -0.2) is 42.5 Å². The molecule has 1 amide bonds. The predicted octanol–water partition coefficient (Wildman–Crippen LogP) is 5.08. The molecule has 2 aromatic carbocycles. The maximum absolute atomic E-state index is 13.1. The summed E-state index contributed by atoms with van der Waals surface area (Å²) in [5, 5.41) is 0. The summed E-state index contributed by atoms with van der Waals surface area (Å²) in [5.74, 6) is 0.990. The predicted molar refractivity (Wildman–Crippen MR) is 117 cm³/mol. The fourth-order valence-corrected chi connectivity index (χ4v) is 3.99. The molecule has 0 bridgehead atoms. The number of carbonyl (C=O) groups is 1. The summed E-state index contributed by atoms with van der Waals surface area (Å²) in [4.78, 5) is 21.9. The van der Waals surface area contributed by atoms with Crippen molar-refractivity contribution in [1.82, 2.24) is 9.88 Å². The highest BCUT2D eigenvalue weighted by Gasteiger charge is 2.28. The number of oxazole rings is 1. The second kappa shape index (κ2) is 8.68. The van der Waals surface area contributed by atoms with Gasteiger partial charge in [-0.15, -0.1) is 0 Å². The van der Waals surface area contributed by atoms with E-state index in [9.17, 15) is 4.79 Å². The zero-order valence-electron chi connectivity index (χ0n) is 17.3. The van der Waals surface area contributed by atoms with Crippen LogP contribution in [0.3, 0.4) is 0 Å². The summed E-state index contributed by atoms with van der Waals surface area (Å²) in [7, 11) is 2.10. The average Bonchev–Trinajstić information content (AvgIpc) is 3.21. The summed E-state index contributed by atoms with van der Waals surface area (Å²) in [6.07, 6.45) is 4.31. The van der Waals surface area contributed by atoms with E-state index in [0.717, 1.165) is 54.2 Å². The molecule has 5 heteroatoms. The smallest absolute Gasteiger partial charge is 0.253 e. The number of amides is 1. The van der Waals surface area contributed by atoms with Crippen molar-refractivity contribution in [2.24, 2.45) is 0 Å². The van der Waals surface area contributed by atoms with Crippen LogP contribution in [0.5, 0.6) is 0 Å². The highest BCUT2D eigenvalue weighted by atomic mass is 16.3. The Balaban J connectivity index is 1.44. The molecule has 152 valence electrons. The zero-order valence-corrected chi connectivity index (χ0v) is 17.3. The van der Waals surface area contributed by atoms with Gasteiger partial charge in [0.2, 0.25) is 0 Å². The molecule has 5 nitrogen and oxygen atoms in total. The molecule has 1 aliphatic rings. The van der Waals surface area contributed by atoms with Crippen molar-refractivity contribution in [3.8, 4) is 0 Å². The van der Waals surface area contributed by atoms with Gasteiger partial charge in [0.15, 0.2) is 11.5 Å². The summed E-state index contributed by atoms with van der Waals surface area (Å²) < 4.78 is 5.96. The Hall–Kier alpha value is -2.82. The second-order valence-corrected chi connectivity index (χ2v) is 7.93. The van der Waals surface area contributed by atoms with Crippen molar-refractivity contribution in [2.45, 2.75) is 38.5 Å². The van der Waals surface area contributed by atoms with Gasteiger partial charge < -0.3 is 14.2 Å². The Labute approximate surface area is 172 Å². The normalized spacial score (nSPS) is 16.9. The van der Waals surface area contributed by atoms with Crippen molar-refractivity contribution >= 4 is 22.7 Å². The fourth-order valence-electron chi connectivity index (χ4n) is 3.99. The third-order valence-electron chi connectivity index (χ3n) is 5.77. The molecule has 1 saturated heterocycles. The van der Waals surface area contributed by atoms with Crippen LogP contribution in [0, 0.1) is 0 Å². The molecule has 0 radical (unpaired) electrons. The topological polar surface area (TPSA) is 49.6 Å². The van der Waals surface area contributed by atoms with Gasteiger partial charge in [-0.05, 0) is 55.7 Å². The second-order valence-electron chi connectivity index (χ2n) is 7.93. The highest BCUT2D eigenvalue weighted by Crippen LogP contribution is 2.29. The molecule has 0 spiro atoms. The maximum Gasteiger partial charge on any atom is 0.253 e. The molecule has 0 aliphatic carbocycles. The van der Waals surface area contributed by atoms with Crippen LogP contribution in [-0.2, 0) is 0 Å². The number of fused-ring (bicyclic) bond motifs is 1. The summed E-state index contributed by atoms with van der Waals surface area (Å²) in [5.41, 5.74) is 3.59. The van der Waals surface area contributed by atoms with Gasteiger partial charge in [-0.25, -0.2) is 4.98 Å². The number of likely N-dealkylation sites (tertiary alicyclic amines) is 1. The molecule has 2 heterocycles. The minimum absolute atomic E-state index is 0.0913.